The van der Waals surface area contributed by atoms with Crippen molar-refractivity contribution in [2.75, 3.05) is 13.6 Å². The summed E-state index contributed by atoms with van der Waals surface area (Å²) < 4.78 is 14.0. The van der Waals surface area contributed by atoms with Gasteiger partial charge in [-0.1, -0.05) is 24.3 Å². The number of aliphatic imine (C=N–C) groups is 1. The van der Waals surface area contributed by atoms with E-state index in [4.69, 9.17) is 0 Å². The first-order valence-electron chi connectivity index (χ1n) is 7.45. The molecule has 1 aromatic carbocycles. The predicted octanol–water partition coefficient (Wildman–Crippen LogP) is 3.90. The summed E-state index contributed by atoms with van der Waals surface area (Å²) in [6, 6.07) is 11.2. The van der Waals surface area contributed by atoms with Crippen molar-refractivity contribution >= 4 is 41.3 Å². The van der Waals surface area contributed by atoms with Crippen LogP contribution in [-0.2, 0) is 12.0 Å². The highest BCUT2D eigenvalue weighted by Gasteiger charge is 2.45. The van der Waals surface area contributed by atoms with Gasteiger partial charge < -0.3 is 10.6 Å². The molecular formula is C17H21FIN3S. The summed E-state index contributed by atoms with van der Waals surface area (Å²) in [5, 5.41) is 8.69. The van der Waals surface area contributed by atoms with E-state index in [1.54, 1.807) is 30.5 Å². The van der Waals surface area contributed by atoms with Gasteiger partial charge in [-0.2, -0.15) is 0 Å². The summed E-state index contributed by atoms with van der Waals surface area (Å²) in [5.74, 6) is 0.652. The Kier molecular flexibility index (Phi) is 6.41. The quantitative estimate of drug-likeness (QED) is 0.416. The molecule has 124 valence electrons. The lowest BCUT2D eigenvalue weighted by atomic mass is 9.95. The number of nitrogens with one attached hydrogen (secondary N) is 2. The molecule has 0 unspecified atom stereocenters. The lowest BCUT2D eigenvalue weighted by Gasteiger charge is -2.19. The number of halogens is 2. The summed E-state index contributed by atoms with van der Waals surface area (Å²) in [5.41, 5.74) is 0.738. The molecule has 0 saturated heterocycles. The van der Waals surface area contributed by atoms with Crippen molar-refractivity contribution in [1.82, 2.24) is 10.6 Å². The zero-order valence-electron chi connectivity index (χ0n) is 13.0. The Labute approximate surface area is 157 Å². The summed E-state index contributed by atoms with van der Waals surface area (Å²) >= 11 is 1.72. The third-order valence-corrected chi connectivity index (χ3v) is 5.00. The fraction of sp³-hybridized carbons (Fsp3) is 0.353. The first-order chi connectivity index (χ1) is 10.7. The van der Waals surface area contributed by atoms with Crippen molar-refractivity contribution in [3.63, 3.8) is 0 Å². The second-order valence-electron chi connectivity index (χ2n) is 5.62. The molecule has 0 atom stereocenters. The molecule has 0 aliphatic heterocycles. The predicted molar refractivity (Wildman–Crippen MR) is 105 cm³/mol. The monoisotopic (exact) mass is 445 g/mol. The van der Waals surface area contributed by atoms with E-state index in [0.717, 1.165) is 30.9 Å². The molecule has 1 aliphatic rings. The molecule has 1 aromatic heterocycles. The first kappa shape index (κ1) is 18.2. The summed E-state index contributed by atoms with van der Waals surface area (Å²) in [6.45, 7) is 1.46. The van der Waals surface area contributed by atoms with Gasteiger partial charge in [0.05, 0.1) is 6.54 Å². The fourth-order valence-corrected chi connectivity index (χ4v) is 3.29. The van der Waals surface area contributed by atoms with Gasteiger partial charge in [-0.3, -0.25) is 4.99 Å². The molecule has 6 heteroatoms. The van der Waals surface area contributed by atoms with Crippen LogP contribution in [0.15, 0.2) is 46.8 Å². The zero-order valence-corrected chi connectivity index (χ0v) is 16.2. The maximum Gasteiger partial charge on any atom is 0.191 e. The van der Waals surface area contributed by atoms with E-state index < -0.39 is 0 Å². The average Bonchev–Trinajstić information content (AvgIpc) is 3.13. The second-order valence-corrected chi connectivity index (χ2v) is 6.65. The number of nitrogens with zero attached hydrogens (tertiary/aromatic N) is 1. The molecule has 3 nitrogen and oxygen atoms in total. The largest absolute Gasteiger partial charge is 0.356 e. The van der Waals surface area contributed by atoms with Gasteiger partial charge >= 0.3 is 0 Å². The van der Waals surface area contributed by atoms with E-state index in [2.05, 4.69) is 27.1 Å². The lowest BCUT2D eigenvalue weighted by molar-refractivity contribution is 0.560. The molecule has 1 aliphatic carbocycles. The molecule has 2 aromatic rings. The van der Waals surface area contributed by atoms with Gasteiger partial charge in [0.25, 0.3) is 0 Å². The highest BCUT2D eigenvalue weighted by Crippen LogP contribution is 2.48. The number of rotatable bonds is 5. The molecule has 1 saturated carbocycles. The van der Waals surface area contributed by atoms with E-state index in [1.807, 2.05) is 18.2 Å². The van der Waals surface area contributed by atoms with E-state index in [0.29, 0.717) is 6.54 Å². The Hall–Kier alpha value is -1.15. The van der Waals surface area contributed by atoms with Gasteiger partial charge in [-0.15, -0.1) is 35.3 Å². The molecule has 0 bridgehead atoms. The Morgan fingerprint density at radius 2 is 2.00 bits per heavy atom. The van der Waals surface area contributed by atoms with Crippen LogP contribution in [0.1, 0.15) is 23.3 Å². The SMILES string of the molecule is CN=C(NCc1cccs1)NCC1(c2ccccc2F)CC1.I. The second kappa shape index (κ2) is 8.10. The molecule has 0 spiro atoms. The van der Waals surface area contributed by atoms with Crippen LogP contribution in [0, 0.1) is 5.82 Å². The first-order valence-corrected chi connectivity index (χ1v) is 8.33. The summed E-state index contributed by atoms with van der Waals surface area (Å²) in [7, 11) is 1.76. The number of hydrogen-bond acceptors (Lipinski definition) is 2. The smallest absolute Gasteiger partial charge is 0.191 e. The van der Waals surface area contributed by atoms with E-state index >= 15 is 0 Å². The molecular weight excluding hydrogens is 424 g/mol. The zero-order chi connectivity index (χ0) is 15.4. The van der Waals surface area contributed by atoms with Crippen LogP contribution >= 0.6 is 35.3 Å². The molecule has 23 heavy (non-hydrogen) atoms. The third kappa shape index (κ3) is 4.44. The number of thiophene rings is 1. The van der Waals surface area contributed by atoms with Crippen molar-refractivity contribution in [1.29, 1.82) is 0 Å². The topological polar surface area (TPSA) is 36.4 Å². The van der Waals surface area contributed by atoms with E-state index in [1.165, 1.54) is 4.88 Å². The number of guanidine groups is 1. The van der Waals surface area contributed by atoms with Gasteiger partial charge in [0, 0.05) is 23.9 Å². The van der Waals surface area contributed by atoms with Gasteiger partial charge in [0.1, 0.15) is 5.82 Å². The van der Waals surface area contributed by atoms with Gasteiger partial charge in [0.2, 0.25) is 0 Å². The maximum absolute atomic E-state index is 14.0. The number of hydrogen-bond donors (Lipinski definition) is 2. The molecule has 0 radical (unpaired) electrons. The van der Waals surface area contributed by atoms with Crippen LogP contribution in [0.25, 0.3) is 0 Å². The normalized spacial score (nSPS) is 15.7. The minimum atomic E-state index is -0.108. The van der Waals surface area contributed by atoms with Gasteiger partial charge in [-0.05, 0) is 35.9 Å². The maximum atomic E-state index is 14.0. The van der Waals surface area contributed by atoms with E-state index in [-0.39, 0.29) is 35.2 Å². The fourth-order valence-electron chi connectivity index (χ4n) is 2.64. The van der Waals surface area contributed by atoms with Crippen molar-refractivity contribution in [2.24, 2.45) is 4.99 Å². The molecule has 1 heterocycles. The van der Waals surface area contributed by atoms with E-state index in [9.17, 15) is 4.39 Å². The number of benzene rings is 1. The Morgan fingerprint density at radius 1 is 1.22 bits per heavy atom. The molecule has 2 N–H and O–H groups in total. The Morgan fingerprint density at radius 3 is 2.61 bits per heavy atom. The third-order valence-electron chi connectivity index (χ3n) is 4.13. The molecule has 0 amide bonds. The molecule has 1 fully saturated rings. The van der Waals surface area contributed by atoms with Gasteiger partial charge in [0.15, 0.2) is 5.96 Å². The van der Waals surface area contributed by atoms with Crippen LogP contribution in [-0.4, -0.2) is 19.6 Å². The van der Waals surface area contributed by atoms with Crippen molar-refractivity contribution < 1.29 is 4.39 Å². The minimum Gasteiger partial charge on any atom is -0.356 e. The van der Waals surface area contributed by atoms with Crippen molar-refractivity contribution in [3.8, 4) is 0 Å². The Balaban J connectivity index is 0.00000192. The van der Waals surface area contributed by atoms with Crippen LogP contribution in [0.3, 0.4) is 0 Å². The van der Waals surface area contributed by atoms with Crippen LogP contribution in [0.4, 0.5) is 4.39 Å². The van der Waals surface area contributed by atoms with Gasteiger partial charge in [-0.25, -0.2) is 4.39 Å². The van der Waals surface area contributed by atoms with Crippen molar-refractivity contribution in [2.45, 2.75) is 24.8 Å². The van der Waals surface area contributed by atoms with Crippen LogP contribution < -0.4 is 10.6 Å². The summed E-state index contributed by atoms with van der Waals surface area (Å²) in [4.78, 5) is 5.50. The standard InChI is InChI=1S/C17H20FN3S.HI/c1-19-16(20-11-13-5-4-10-22-13)21-12-17(8-9-17)14-6-2-3-7-15(14)18;/h2-7,10H,8-9,11-12H2,1H3,(H2,19,20,21);1H. The highest BCUT2D eigenvalue weighted by molar-refractivity contribution is 14.0. The average molecular weight is 445 g/mol. The van der Waals surface area contributed by atoms with Crippen LogP contribution in [0.5, 0.6) is 0 Å². The lowest BCUT2D eigenvalue weighted by Crippen LogP contribution is -2.41. The minimum absolute atomic E-state index is 0. The van der Waals surface area contributed by atoms with Crippen LogP contribution in [0.2, 0.25) is 0 Å². The summed E-state index contributed by atoms with van der Waals surface area (Å²) in [6.07, 6.45) is 2.03. The van der Waals surface area contributed by atoms with Crippen molar-refractivity contribution in [3.05, 3.63) is 58.0 Å². The highest BCUT2D eigenvalue weighted by atomic mass is 127. The molecule has 3 rings (SSSR count). The Bertz CT molecular complexity index is 654.